The number of rotatable bonds is 8. The molecule has 0 atom stereocenters. The maximum atomic E-state index is 5.33. The summed E-state index contributed by atoms with van der Waals surface area (Å²) in [6.07, 6.45) is 5.20. The summed E-state index contributed by atoms with van der Waals surface area (Å²) in [5.41, 5.74) is 2.39. The van der Waals surface area contributed by atoms with Crippen LogP contribution in [0.2, 0.25) is 0 Å². The van der Waals surface area contributed by atoms with Crippen molar-refractivity contribution in [2.24, 2.45) is 4.99 Å². The standard InChI is InChI=1S/C20H24N4O.HI/c1-2-11-21-20(23-13-10-18-7-5-14-25-18)22-12-9-17-15-16-6-3-4-8-19(16)24-17;/h2-8,14-15,24H,1,9-13H2,(H2,21,22,23);1H. The van der Waals surface area contributed by atoms with Crippen molar-refractivity contribution in [3.05, 3.63) is 72.8 Å². The molecule has 0 aliphatic rings. The van der Waals surface area contributed by atoms with E-state index in [0.29, 0.717) is 13.1 Å². The third kappa shape index (κ3) is 5.94. The zero-order valence-corrected chi connectivity index (χ0v) is 17.0. The van der Waals surface area contributed by atoms with Crippen LogP contribution in [0.4, 0.5) is 0 Å². The highest BCUT2D eigenvalue weighted by atomic mass is 127. The van der Waals surface area contributed by atoms with Crippen molar-refractivity contribution in [1.82, 2.24) is 15.6 Å². The largest absolute Gasteiger partial charge is 0.469 e. The number of hydrogen-bond acceptors (Lipinski definition) is 2. The molecular weight excluding hydrogens is 439 g/mol. The SMILES string of the molecule is C=CCNC(=NCCc1ccco1)NCCc1cc2ccccc2[nH]1.I. The lowest BCUT2D eigenvalue weighted by Crippen LogP contribution is -2.38. The summed E-state index contributed by atoms with van der Waals surface area (Å²) in [5, 5.41) is 7.86. The van der Waals surface area contributed by atoms with Gasteiger partial charge in [-0.3, -0.25) is 4.99 Å². The minimum Gasteiger partial charge on any atom is -0.469 e. The second-order valence-electron chi connectivity index (χ2n) is 5.79. The molecule has 2 heterocycles. The molecule has 26 heavy (non-hydrogen) atoms. The number of para-hydroxylation sites is 1. The van der Waals surface area contributed by atoms with Gasteiger partial charge >= 0.3 is 0 Å². The molecule has 0 amide bonds. The van der Waals surface area contributed by atoms with Crippen molar-refractivity contribution >= 4 is 40.8 Å². The summed E-state index contributed by atoms with van der Waals surface area (Å²) in [6.45, 7) is 5.90. The number of nitrogens with zero attached hydrogens (tertiary/aromatic N) is 1. The summed E-state index contributed by atoms with van der Waals surface area (Å²) >= 11 is 0. The van der Waals surface area contributed by atoms with E-state index >= 15 is 0 Å². The van der Waals surface area contributed by atoms with Crippen LogP contribution in [0.5, 0.6) is 0 Å². The molecule has 0 saturated carbocycles. The highest BCUT2D eigenvalue weighted by Crippen LogP contribution is 2.14. The van der Waals surface area contributed by atoms with Crippen LogP contribution in [-0.4, -0.2) is 30.6 Å². The summed E-state index contributed by atoms with van der Waals surface area (Å²) in [5.74, 6) is 1.74. The number of aromatic nitrogens is 1. The van der Waals surface area contributed by atoms with Crippen LogP contribution < -0.4 is 10.6 Å². The number of aliphatic imine (C=N–C) groups is 1. The van der Waals surface area contributed by atoms with Crippen molar-refractivity contribution < 1.29 is 4.42 Å². The number of nitrogens with one attached hydrogen (secondary N) is 3. The van der Waals surface area contributed by atoms with Gasteiger partial charge in [0.15, 0.2) is 5.96 Å². The molecule has 0 bridgehead atoms. The molecule has 0 fully saturated rings. The molecular formula is C20H25IN4O. The Balaban J connectivity index is 0.00000243. The smallest absolute Gasteiger partial charge is 0.191 e. The maximum absolute atomic E-state index is 5.33. The second kappa shape index (κ2) is 10.7. The second-order valence-corrected chi connectivity index (χ2v) is 5.79. The van der Waals surface area contributed by atoms with Crippen molar-refractivity contribution in [2.45, 2.75) is 12.8 Å². The van der Waals surface area contributed by atoms with Gasteiger partial charge in [-0.1, -0.05) is 24.3 Å². The summed E-state index contributed by atoms with van der Waals surface area (Å²) < 4.78 is 5.33. The molecule has 3 rings (SSSR count). The summed E-state index contributed by atoms with van der Waals surface area (Å²) in [4.78, 5) is 8.03. The Morgan fingerprint density at radius 2 is 2.04 bits per heavy atom. The van der Waals surface area contributed by atoms with E-state index in [0.717, 1.165) is 31.1 Å². The van der Waals surface area contributed by atoms with E-state index in [4.69, 9.17) is 4.42 Å². The number of aromatic amines is 1. The molecule has 3 N–H and O–H groups in total. The van der Waals surface area contributed by atoms with Crippen LogP contribution in [0.3, 0.4) is 0 Å². The molecule has 0 spiro atoms. The molecule has 0 aliphatic heterocycles. The summed E-state index contributed by atoms with van der Waals surface area (Å²) in [7, 11) is 0. The number of hydrogen-bond donors (Lipinski definition) is 3. The van der Waals surface area contributed by atoms with E-state index in [1.165, 1.54) is 16.6 Å². The van der Waals surface area contributed by atoms with Crippen LogP contribution in [0.25, 0.3) is 10.9 Å². The topological polar surface area (TPSA) is 65.3 Å². The van der Waals surface area contributed by atoms with Gasteiger partial charge in [-0.25, -0.2) is 0 Å². The number of fused-ring (bicyclic) bond motifs is 1. The van der Waals surface area contributed by atoms with Crippen molar-refractivity contribution in [3.8, 4) is 0 Å². The molecule has 3 aromatic rings. The van der Waals surface area contributed by atoms with Gasteiger partial charge in [0.05, 0.1) is 6.26 Å². The molecule has 0 aliphatic carbocycles. The highest BCUT2D eigenvalue weighted by Gasteiger charge is 2.02. The van der Waals surface area contributed by atoms with E-state index in [1.54, 1.807) is 6.26 Å². The molecule has 1 aromatic carbocycles. The number of H-pyrrole nitrogens is 1. The minimum absolute atomic E-state index is 0. The van der Waals surface area contributed by atoms with Gasteiger partial charge in [-0.05, 0) is 29.7 Å². The van der Waals surface area contributed by atoms with Crippen LogP contribution in [0.15, 0.2) is 70.8 Å². The van der Waals surface area contributed by atoms with Crippen LogP contribution in [0, 0.1) is 0 Å². The average Bonchev–Trinajstić information content (AvgIpc) is 3.28. The monoisotopic (exact) mass is 464 g/mol. The van der Waals surface area contributed by atoms with Gasteiger partial charge in [-0.2, -0.15) is 0 Å². The average molecular weight is 464 g/mol. The fraction of sp³-hybridized carbons (Fsp3) is 0.250. The van der Waals surface area contributed by atoms with Crippen LogP contribution >= 0.6 is 24.0 Å². The van der Waals surface area contributed by atoms with Gasteiger partial charge in [0, 0.05) is 43.7 Å². The van der Waals surface area contributed by atoms with E-state index in [9.17, 15) is 0 Å². The lowest BCUT2D eigenvalue weighted by molar-refractivity contribution is 0.510. The van der Waals surface area contributed by atoms with Crippen LogP contribution in [0.1, 0.15) is 11.5 Å². The van der Waals surface area contributed by atoms with Gasteiger partial charge in [0.1, 0.15) is 5.76 Å². The first-order valence-electron chi connectivity index (χ1n) is 8.57. The Kier molecular flexibility index (Phi) is 8.27. The molecule has 5 nitrogen and oxygen atoms in total. The van der Waals surface area contributed by atoms with Gasteiger partial charge in [0.25, 0.3) is 0 Å². The first-order chi connectivity index (χ1) is 12.3. The minimum atomic E-state index is 0. The number of furan rings is 1. The van der Waals surface area contributed by atoms with Gasteiger partial charge in [-0.15, -0.1) is 30.6 Å². The molecule has 138 valence electrons. The van der Waals surface area contributed by atoms with Crippen LogP contribution in [-0.2, 0) is 12.8 Å². The van der Waals surface area contributed by atoms with E-state index in [2.05, 4.69) is 51.5 Å². The predicted octanol–water partition coefficient (Wildman–Crippen LogP) is 3.89. The third-order valence-electron chi connectivity index (χ3n) is 3.89. The molecule has 0 unspecified atom stereocenters. The number of benzene rings is 1. The van der Waals surface area contributed by atoms with Gasteiger partial charge in [0.2, 0.25) is 0 Å². The maximum Gasteiger partial charge on any atom is 0.191 e. The normalized spacial score (nSPS) is 11.2. The Hall–Kier alpha value is -2.22. The number of halogens is 1. The fourth-order valence-electron chi connectivity index (χ4n) is 2.66. The Morgan fingerprint density at radius 1 is 1.15 bits per heavy atom. The molecule has 0 saturated heterocycles. The Morgan fingerprint density at radius 3 is 2.81 bits per heavy atom. The zero-order chi connectivity index (χ0) is 17.3. The van der Waals surface area contributed by atoms with Gasteiger partial charge < -0.3 is 20.0 Å². The van der Waals surface area contributed by atoms with E-state index < -0.39 is 0 Å². The first kappa shape index (κ1) is 20.1. The lowest BCUT2D eigenvalue weighted by atomic mass is 10.2. The Bertz CT molecular complexity index is 790. The molecule has 6 heteroatoms. The van der Waals surface area contributed by atoms with E-state index in [1.807, 2.05) is 24.3 Å². The first-order valence-corrected chi connectivity index (χ1v) is 8.57. The van der Waals surface area contributed by atoms with Crippen molar-refractivity contribution in [2.75, 3.05) is 19.6 Å². The molecule has 0 radical (unpaired) electrons. The predicted molar refractivity (Wildman–Crippen MR) is 118 cm³/mol. The quantitative estimate of drug-likeness (QED) is 0.205. The molecule has 2 aromatic heterocycles. The van der Waals surface area contributed by atoms with Crippen molar-refractivity contribution in [3.63, 3.8) is 0 Å². The number of guanidine groups is 1. The van der Waals surface area contributed by atoms with E-state index in [-0.39, 0.29) is 24.0 Å². The Labute approximate surface area is 171 Å². The zero-order valence-electron chi connectivity index (χ0n) is 14.7. The lowest BCUT2D eigenvalue weighted by Gasteiger charge is -2.10. The third-order valence-corrected chi connectivity index (χ3v) is 3.89. The highest BCUT2D eigenvalue weighted by molar-refractivity contribution is 14.0. The van der Waals surface area contributed by atoms with Crippen molar-refractivity contribution in [1.29, 1.82) is 0 Å². The summed E-state index contributed by atoms with van der Waals surface area (Å²) in [6, 6.07) is 14.4. The fourth-order valence-corrected chi connectivity index (χ4v) is 2.66.